The van der Waals surface area contributed by atoms with E-state index in [2.05, 4.69) is 32.0 Å². The minimum absolute atomic E-state index is 0.0964. The molecule has 1 aliphatic carbocycles. The molecule has 0 spiro atoms. The summed E-state index contributed by atoms with van der Waals surface area (Å²) < 4.78 is 8.29. The van der Waals surface area contributed by atoms with E-state index in [1.807, 2.05) is 103 Å². The number of rotatable bonds is 5. The molecule has 11 rings (SSSR count). The van der Waals surface area contributed by atoms with Crippen LogP contribution >= 0.6 is 0 Å². The first-order valence-corrected chi connectivity index (χ1v) is 20.0. The highest BCUT2D eigenvalue weighted by atomic mass is 16.3. The van der Waals surface area contributed by atoms with Crippen molar-refractivity contribution in [3.8, 4) is 62.4 Å². The molecule has 6 nitrogen and oxygen atoms in total. The molecular formula is C49H26B7N5O. The van der Waals surface area contributed by atoms with Gasteiger partial charge in [0, 0.05) is 44.1 Å². The summed E-state index contributed by atoms with van der Waals surface area (Å²) in [5.41, 5.74) is 10.9. The summed E-state index contributed by atoms with van der Waals surface area (Å²) in [7, 11) is 48.8. The molecule has 0 atom stereocenters. The fraction of sp³-hybridized carbons (Fsp3) is 0.0612. The number of aromatic nitrogens is 5. The number of hydrogen-bond acceptors (Lipinski definition) is 5. The van der Waals surface area contributed by atoms with Gasteiger partial charge in [-0.2, -0.15) is 9.97 Å². The van der Waals surface area contributed by atoms with Crippen LogP contribution in [-0.2, 0) is 5.41 Å². The fourth-order valence-electron chi connectivity index (χ4n) is 9.18. The van der Waals surface area contributed by atoms with Crippen molar-refractivity contribution in [3.05, 3.63) is 132 Å². The second-order valence-corrected chi connectivity index (χ2v) is 16.2. The van der Waals surface area contributed by atoms with Crippen LogP contribution in [0, 0.1) is 0 Å². The van der Waals surface area contributed by atoms with E-state index in [0.29, 0.717) is 56.0 Å². The summed E-state index contributed by atoms with van der Waals surface area (Å²) in [5, 5.41) is 0.897. The summed E-state index contributed by atoms with van der Waals surface area (Å²) >= 11 is 0. The number of nitrogens with zero attached hydrogens (tertiary/aromatic N) is 5. The molecule has 3 heterocycles. The molecule has 274 valence electrons. The number of fused-ring (bicyclic) bond motifs is 8. The third-order valence-corrected chi connectivity index (χ3v) is 12.3. The maximum atomic E-state index is 7.38. The van der Waals surface area contributed by atoms with Crippen LogP contribution in [0.3, 0.4) is 0 Å². The number of benzene rings is 7. The molecule has 1 aliphatic rings. The Balaban J connectivity index is 1.20. The maximum Gasteiger partial charge on any atom is 0.238 e. The highest BCUT2D eigenvalue weighted by Crippen LogP contribution is 2.52. The van der Waals surface area contributed by atoms with Gasteiger partial charge in [0.25, 0.3) is 0 Å². The van der Waals surface area contributed by atoms with Gasteiger partial charge in [-0.3, -0.25) is 4.57 Å². The van der Waals surface area contributed by atoms with E-state index in [9.17, 15) is 0 Å². The van der Waals surface area contributed by atoms with E-state index in [1.54, 1.807) is 4.57 Å². The Morgan fingerprint density at radius 3 is 1.61 bits per heavy atom. The predicted molar refractivity (Wildman–Crippen MR) is 259 cm³/mol. The summed E-state index contributed by atoms with van der Waals surface area (Å²) in [6, 6.07) is 39.4. The lowest BCUT2D eigenvalue weighted by Crippen LogP contribution is -2.48. The third kappa shape index (κ3) is 5.46. The van der Waals surface area contributed by atoms with Gasteiger partial charge in [-0.25, -0.2) is 9.97 Å². The molecular weight excluding hydrogens is 750 g/mol. The van der Waals surface area contributed by atoms with E-state index in [0.717, 1.165) is 50.0 Å². The lowest BCUT2D eigenvalue weighted by molar-refractivity contribution is 0.618. The van der Waals surface area contributed by atoms with Crippen LogP contribution in [0.25, 0.3) is 95.3 Å². The normalized spacial score (nSPS) is 12.9. The molecule has 0 aliphatic heterocycles. The highest BCUT2D eigenvalue weighted by Gasteiger charge is 2.38. The van der Waals surface area contributed by atoms with Gasteiger partial charge in [-0.15, -0.1) is 10.9 Å². The zero-order valence-corrected chi connectivity index (χ0v) is 33.7. The second-order valence-electron chi connectivity index (χ2n) is 16.2. The van der Waals surface area contributed by atoms with Crippen LogP contribution < -0.4 is 38.2 Å². The topological polar surface area (TPSA) is 69.6 Å². The molecule has 14 radical (unpaired) electrons. The zero-order chi connectivity index (χ0) is 42.8. The van der Waals surface area contributed by atoms with Gasteiger partial charge in [-0.1, -0.05) is 138 Å². The summed E-state index contributed by atoms with van der Waals surface area (Å²) in [6.45, 7) is 4.41. The SMILES string of the molecule is [B]c1c([B])c([B])c2c(c1[B])c1c([B])c(-c3ccc4c(c3)-c3c(ccc5nc(-c6ccccc6)oc35)C4(C)C)c([B])c([B])c1n2-c1nc(-c2ccccc2)nc(-c2ccccc2)n1. The van der Waals surface area contributed by atoms with Crippen molar-refractivity contribution in [2.24, 2.45) is 0 Å². The van der Waals surface area contributed by atoms with Crippen molar-refractivity contribution < 1.29 is 4.42 Å². The van der Waals surface area contributed by atoms with Gasteiger partial charge in [0.15, 0.2) is 17.2 Å². The second kappa shape index (κ2) is 13.9. The van der Waals surface area contributed by atoms with E-state index in [4.69, 9.17) is 79.3 Å². The third-order valence-electron chi connectivity index (χ3n) is 12.3. The Morgan fingerprint density at radius 2 is 1.00 bits per heavy atom. The summed E-state index contributed by atoms with van der Waals surface area (Å²) in [5.74, 6) is 1.55. The summed E-state index contributed by atoms with van der Waals surface area (Å²) in [4.78, 5) is 19.8. The van der Waals surface area contributed by atoms with Crippen LogP contribution in [-0.4, -0.2) is 79.4 Å². The van der Waals surface area contributed by atoms with E-state index in [-0.39, 0.29) is 44.1 Å². The van der Waals surface area contributed by atoms with Crippen LogP contribution in [0.4, 0.5) is 0 Å². The maximum absolute atomic E-state index is 7.38. The van der Waals surface area contributed by atoms with Crippen molar-refractivity contribution in [1.29, 1.82) is 0 Å². The van der Waals surface area contributed by atoms with Gasteiger partial charge in [0.2, 0.25) is 11.8 Å². The molecule has 10 aromatic rings. The van der Waals surface area contributed by atoms with Gasteiger partial charge in [-0.05, 0) is 57.5 Å². The molecule has 0 saturated carbocycles. The molecule has 0 saturated heterocycles. The molecule has 0 bridgehead atoms. The largest absolute Gasteiger partial charge is 0.435 e. The van der Waals surface area contributed by atoms with Crippen molar-refractivity contribution in [2.75, 3.05) is 0 Å². The minimum atomic E-state index is -0.351. The van der Waals surface area contributed by atoms with Crippen molar-refractivity contribution in [2.45, 2.75) is 19.3 Å². The predicted octanol–water partition coefficient (Wildman–Crippen LogP) is 3.64. The van der Waals surface area contributed by atoms with Crippen LogP contribution in [0.15, 0.2) is 126 Å². The number of oxazole rings is 1. The standard InChI is InChI=1S/C49H26B7N5O/c1-49(2)28-19-18-26(22-27(28)32-29(49)20-21-30-44(32)62-47(57-30)25-16-10-5-11-17-25)31-35(50)33-34-37(52)38(53)39(54)41(56)43(34)61(42(33)40(55)36(31)51)48-59-45(23-12-6-3-7-13-23)58-46(60-48)24-14-8-4-9-15-24/h3-22H,1-2H3. The van der Waals surface area contributed by atoms with Crippen molar-refractivity contribution >= 4 is 126 Å². The zero-order valence-electron chi connectivity index (χ0n) is 33.7. The van der Waals surface area contributed by atoms with Gasteiger partial charge < -0.3 is 4.42 Å². The van der Waals surface area contributed by atoms with Gasteiger partial charge >= 0.3 is 0 Å². The first-order valence-electron chi connectivity index (χ1n) is 20.0. The Hall–Kier alpha value is -6.73. The van der Waals surface area contributed by atoms with Crippen LogP contribution in [0.2, 0.25) is 0 Å². The Labute approximate surface area is 367 Å². The van der Waals surface area contributed by atoms with E-state index in [1.165, 1.54) is 0 Å². The van der Waals surface area contributed by atoms with Gasteiger partial charge in [0.05, 0.1) is 0 Å². The first-order chi connectivity index (χ1) is 29.9. The lowest BCUT2D eigenvalue weighted by Gasteiger charge is -2.22. The molecule has 62 heavy (non-hydrogen) atoms. The monoisotopic (exact) mass is 777 g/mol. The molecule has 0 amide bonds. The Kier molecular flexibility index (Phi) is 8.57. The molecule has 0 fully saturated rings. The Bertz CT molecular complexity index is 3460. The molecule has 0 N–H and O–H groups in total. The molecule has 13 heteroatoms. The van der Waals surface area contributed by atoms with Crippen LogP contribution in [0.5, 0.6) is 0 Å². The van der Waals surface area contributed by atoms with Crippen LogP contribution in [0.1, 0.15) is 25.0 Å². The summed E-state index contributed by atoms with van der Waals surface area (Å²) in [6.07, 6.45) is 0. The smallest absolute Gasteiger partial charge is 0.238 e. The average Bonchev–Trinajstić information content (AvgIpc) is 3.97. The van der Waals surface area contributed by atoms with Crippen molar-refractivity contribution in [1.82, 2.24) is 24.5 Å². The van der Waals surface area contributed by atoms with E-state index >= 15 is 0 Å². The van der Waals surface area contributed by atoms with Crippen molar-refractivity contribution in [3.63, 3.8) is 0 Å². The quantitative estimate of drug-likeness (QED) is 0.250. The molecule has 3 aromatic heterocycles. The molecule has 7 aromatic carbocycles. The lowest BCUT2D eigenvalue weighted by atomic mass is 9.64. The minimum Gasteiger partial charge on any atom is -0.435 e. The Morgan fingerprint density at radius 1 is 0.468 bits per heavy atom. The van der Waals surface area contributed by atoms with Gasteiger partial charge in [0.1, 0.15) is 60.4 Å². The molecule has 0 unspecified atom stereocenters. The first kappa shape index (κ1) is 38.2. The average molecular weight is 776 g/mol. The van der Waals surface area contributed by atoms with E-state index < -0.39 is 0 Å². The number of hydrogen-bond donors (Lipinski definition) is 0. The highest BCUT2D eigenvalue weighted by molar-refractivity contribution is 6.69. The fourth-order valence-corrected chi connectivity index (χ4v) is 9.18.